The highest BCUT2D eigenvalue weighted by molar-refractivity contribution is 6.31. The van der Waals surface area contributed by atoms with Crippen LogP contribution in [0, 0.1) is 5.41 Å². The number of piperazine rings is 1. The summed E-state index contributed by atoms with van der Waals surface area (Å²) in [7, 11) is 0. The van der Waals surface area contributed by atoms with Crippen LogP contribution in [0.25, 0.3) is 0 Å². The Morgan fingerprint density at radius 3 is 2.61 bits per heavy atom. The van der Waals surface area contributed by atoms with E-state index in [0.717, 1.165) is 37.5 Å². The van der Waals surface area contributed by atoms with Crippen molar-refractivity contribution in [3.63, 3.8) is 0 Å². The highest BCUT2D eigenvalue weighted by Gasteiger charge is 2.52. The molecule has 1 spiro atoms. The van der Waals surface area contributed by atoms with Crippen molar-refractivity contribution in [1.82, 2.24) is 14.7 Å². The van der Waals surface area contributed by atoms with E-state index in [4.69, 9.17) is 16.3 Å². The SMILES string of the molecule is CC1C(=O)N2C(CCC(=O)N3CCC4(CC4)C(O)C3)COC2CN1C(=O)Nc1ccc(C(F)(F)F)c(Cl)c1. The minimum absolute atomic E-state index is 0.0105. The van der Waals surface area contributed by atoms with Gasteiger partial charge >= 0.3 is 12.2 Å². The number of urea groups is 1. The van der Waals surface area contributed by atoms with Gasteiger partial charge in [0.1, 0.15) is 6.04 Å². The normalized spacial score (nSPS) is 28.5. The van der Waals surface area contributed by atoms with Crippen molar-refractivity contribution < 1.29 is 37.4 Å². The number of carbonyl (C=O) groups is 3. The number of fused-ring (bicyclic) bond motifs is 1. The summed E-state index contributed by atoms with van der Waals surface area (Å²) in [6, 6.07) is 1.06. The van der Waals surface area contributed by atoms with E-state index in [-0.39, 0.29) is 48.5 Å². The summed E-state index contributed by atoms with van der Waals surface area (Å²) in [6.07, 6.45) is -2.33. The van der Waals surface area contributed by atoms with E-state index >= 15 is 0 Å². The van der Waals surface area contributed by atoms with Crippen LogP contribution in [0.5, 0.6) is 0 Å². The second-order valence-electron chi connectivity index (χ2n) is 10.6. The number of amides is 4. The molecule has 3 aliphatic heterocycles. The van der Waals surface area contributed by atoms with Gasteiger partial charge in [-0.3, -0.25) is 9.59 Å². The Morgan fingerprint density at radius 1 is 1.24 bits per heavy atom. The third-order valence-corrected chi connectivity index (χ3v) is 8.63. The molecule has 3 heterocycles. The predicted octanol–water partition coefficient (Wildman–Crippen LogP) is 3.30. The van der Waals surface area contributed by atoms with E-state index in [2.05, 4.69) is 5.32 Å². The van der Waals surface area contributed by atoms with E-state index < -0.39 is 41.2 Å². The van der Waals surface area contributed by atoms with E-state index in [9.17, 15) is 32.7 Å². The lowest BCUT2D eigenvalue weighted by Crippen LogP contribution is -2.62. The van der Waals surface area contributed by atoms with E-state index in [1.54, 1.807) is 16.7 Å². The van der Waals surface area contributed by atoms with Crippen molar-refractivity contribution in [2.75, 3.05) is 31.6 Å². The first-order chi connectivity index (χ1) is 17.9. The van der Waals surface area contributed by atoms with E-state index in [1.165, 1.54) is 4.90 Å². The maximum absolute atomic E-state index is 13.2. The van der Waals surface area contributed by atoms with Crippen molar-refractivity contribution in [1.29, 1.82) is 0 Å². The molecule has 1 aromatic rings. The van der Waals surface area contributed by atoms with Gasteiger partial charge in [0, 0.05) is 25.2 Å². The number of rotatable bonds is 4. The number of nitrogens with zero attached hydrogens (tertiary/aromatic N) is 3. The first-order valence-corrected chi connectivity index (χ1v) is 13.1. The highest BCUT2D eigenvalue weighted by atomic mass is 35.5. The van der Waals surface area contributed by atoms with Crippen molar-refractivity contribution in [3.8, 4) is 0 Å². The van der Waals surface area contributed by atoms with Crippen molar-refractivity contribution >= 4 is 35.1 Å². The fourth-order valence-corrected chi connectivity index (χ4v) is 5.98. The standard InChI is InChI=1S/C25H30ClF3N4O5/c1-14-22(36)33-16(3-5-20(35)31-9-8-24(6-7-24)19(34)11-31)13-38-21(33)12-32(14)23(37)30-15-2-4-17(18(26)10-15)25(27,28)29/h2,4,10,14,16,19,21,34H,3,5-9,11-13H2,1H3,(H,30,37). The molecular weight excluding hydrogens is 529 g/mol. The predicted molar refractivity (Wildman–Crippen MR) is 130 cm³/mol. The lowest BCUT2D eigenvalue weighted by atomic mass is 9.90. The number of halogens is 4. The maximum Gasteiger partial charge on any atom is 0.417 e. The van der Waals surface area contributed by atoms with Crippen molar-refractivity contribution in [3.05, 3.63) is 28.8 Å². The van der Waals surface area contributed by atoms with Crippen molar-refractivity contribution in [2.24, 2.45) is 5.41 Å². The summed E-state index contributed by atoms with van der Waals surface area (Å²) >= 11 is 5.74. The van der Waals surface area contributed by atoms with Gasteiger partial charge in [-0.2, -0.15) is 13.2 Å². The van der Waals surface area contributed by atoms with Gasteiger partial charge in [0.2, 0.25) is 11.8 Å². The van der Waals surface area contributed by atoms with Crippen LogP contribution < -0.4 is 5.32 Å². The van der Waals surface area contributed by atoms with Gasteiger partial charge in [0.15, 0.2) is 6.23 Å². The smallest absolute Gasteiger partial charge is 0.391 e. The molecule has 1 aromatic carbocycles. The zero-order valence-electron chi connectivity index (χ0n) is 20.8. The van der Waals surface area contributed by atoms with Gasteiger partial charge in [0.25, 0.3) is 0 Å². The third-order valence-electron chi connectivity index (χ3n) is 8.32. The molecule has 9 nitrogen and oxygen atoms in total. The first-order valence-electron chi connectivity index (χ1n) is 12.7. The van der Waals surface area contributed by atoms with E-state index in [0.29, 0.717) is 19.5 Å². The number of alkyl halides is 3. The summed E-state index contributed by atoms with van der Waals surface area (Å²) in [5.41, 5.74) is -0.938. The zero-order chi connectivity index (χ0) is 27.4. The second-order valence-corrected chi connectivity index (χ2v) is 11.1. The number of aliphatic hydroxyl groups excluding tert-OH is 1. The molecule has 1 aliphatic carbocycles. The summed E-state index contributed by atoms with van der Waals surface area (Å²) in [4.78, 5) is 43.5. The fraction of sp³-hybridized carbons (Fsp3) is 0.640. The number of anilines is 1. The van der Waals surface area contributed by atoms with Gasteiger partial charge in [-0.1, -0.05) is 11.6 Å². The number of β-amino-alcohol motifs (C(OH)–C–C–N with tert-alkyl or cyclic N) is 1. The topological polar surface area (TPSA) is 102 Å². The molecule has 0 bridgehead atoms. The fourth-order valence-electron chi connectivity index (χ4n) is 5.69. The van der Waals surface area contributed by atoms with Crippen LogP contribution in [-0.4, -0.2) is 88.3 Å². The van der Waals surface area contributed by atoms with Crippen LogP contribution in [0.3, 0.4) is 0 Å². The Balaban J connectivity index is 1.16. The highest BCUT2D eigenvalue weighted by Crippen LogP contribution is 2.53. The zero-order valence-corrected chi connectivity index (χ0v) is 21.6. The summed E-state index contributed by atoms with van der Waals surface area (Å²) in [6.45, 7) is 2.84. The average Bonchev–Trinajstić information content (AvgIpc) is 3.51. The van der Waals surface area contributed by atoms with E-state index in [1.807, 2.05) is 0 Å². The van der Waals surface area contributed by atoms with Crippen LogP contribution >= 0.6 is 11.6 Å². The molecule has 1 saturated carbocycles. The molecule has 2 N–H and O–H groups in total. The van der Waals surface area contributed by atoms with Crippen LogP contribution in [0.15, 0.2) is 18.2 Å². The quantitative estimate of drug-likeness (QED) is 0.590. The molecule has 0 radical (unpaired) electrons. The molecule has 4 aliphatic rings. The van der Waals surface area contributed by atoms with Gasteiger partial charge in [-0.05, 0) is 56.2 Å². The number of piperidine rings is 1. The molecule has 4 amide bonds. The molecule has 4 unspecified atom stereocenters. The van der Waals surface area contributed by atoms with Crippen LogP contribution in [0.1, 0.15) is 44.6 Å². The Morgan fingerprint density at radius 2 is 1.97 bits per heavy atom. The number of nitrogens with one attached hydrogen (secondary N) is 1. The number of benzene rings is 1. The second kappa shape index (κ2) is 9.87. The number of hydrogen-bond acceptors (Lipinski definition) is 5. The molecule has 13 heteroatoms. The lowest BCUT2D eigenvalue weighted by molar-refractivity contribution is -0.151. The molecule has 4 fully saturated rings. The summed E-state index contributed by atoms with van der Waals surface area (Å²) in [5.74, 6) is -0.391. The largest absolute Gasteiger partial charge is 0.417 e. The number of hydrogen-bond donors (Lipinski definition) is 2. The minimum atomic E-state index is -4.62. The van der Waals surface area contributed by atoms with Crippen LogP contribution in [0.2, 0.25) is 5.02 Å². The first kappa shape index (κ1) is 27.0. The Kier molecular flexibility index (Phi) is 7.02. The maximum atomic E-state index is 13.2. The van der Waals surface area contributed by atoms with Crippen LogP contribution in [-0.2, 0) is 20.5 Å². The summed E-state index contributed by atoms with van der Waals surface area (Å²) in [5, 5.41) is 12.3. The third kappa shape index (κ3) is 5.05. The van der Waals surface area contributed by atoms with Gasteiger partial charge in [0.05, 0.1) is 35.9 Å². The summed E-state index contributed by atoms with van der Waals surface area (Å²) < 4.78 is 44.7. The number of aliphatic hydroxyl groups is 1. The monoisotopic (exact) mass is 558 g/mol. The molecule has 38 heavy (non-hydrogen) atoms. The molecule has 0 aromatic heterocycles. The average molecular weight is 559 g/mol. The number of carbonyl (C=O) groups excluding carboxylic acids is 3. The van der Waals surface area contributed by atoms with Crippen LogP contribution in [0.4, 0.5) is 23.7 Å². The Hall–Kier alpha value is -2.57. The number of ether oxygens (including phenoxy) is 1. The molecular formula is C25H30ClF3N4O5. The van der Waals surface area contributed by atoms with Gasteiger partial charge in [-0.25, -0.2) is 4.79 Å². The minimum Gasteiger partial charge on any atom is -0.391 e. The molecule has 5 rings (SSSR count). The molecule has 3 saturated heterocycles. The van der Waals surface area contributed by atoms with Gasteiger partial charge in [-0.15, -0.1) is 0 Å². The van der Waals surface area contributed by atoms with Crippen molar-refractivity contribution in [2.45, 2.75) is 69.6 Å². The molecule has 4 atom stereocenters. The Bertz CT molecular complexity index is 1130. The number of likely N-dealkylation sites (tertiary alicyclic amines) is 1. The van der Waals surface area contributed by atoms with Gasteiger partial charge < -0.3 is 29.9 Å². The Labute approximate surface area is 222 Å². The lowest BCUT2D eigenvalue weighted by Gasteiger charge is -2.42. The molecule has 208 valence electrons.